The number of aliphatic carboxylic acids is 1. The van der Waals surface area contributed by atoms with Crippen LogP contribution in [0.3, 0.4) is 0 Å². The summed E-state index contributed by atoms with van der Waals surface area (Å²) < 4.78 is 0.939. The summed E-state index contributed by atoms with van der Waals surface area (Å²) in [6.45, 7) is 0.705. The first-order valence-corrected chi connectivity index (χ1v) is 9.22. The number of carboxylic acids is 1. The first-order chi connectivity index (χ1) is 11.5. The van der Waals surface area contributed by atoms with Gasteiger partial charge in [0.2, 0.25) is 0 Å². The minimum absolute atomic E-state index is 0.253. The van der Waals surface area contributed by atoms with E-state index in [9.17, 15) is 9.90 Å². The summed E-state index contributed by atoms with van der Waals surface area (Å²) in [6, 6.07) is 12.6. The SMILES string of the molecule is O=C(O)C1CCCN1C(c1cccc(Br)c1)c1cccc(Cl)c1Cl. The zero-order valence-electron chi connectivity index (χ0n) is 12.8. The molecule has 2 aromatic carbocycles. The van der Waals surface area contributed by atoms with Gasteiger partial charge in [0, 0.05) is 11.0 Å². The molecule has 1 aliphatic heterocycles. The summed E-state index contributed by atoms with van der Waals surface area (Å²) in [6.07, 6.45) is 1.48. The summed E-state index contributed by atoms with van der Waals surface area (Å²) in [4.78, 5) is 13.7. The number of hydrogen-bond acceptors (Lipinski definition) is 2. The molecule has 0 spiro atoms. The number of carboxylic acid groups (broad SMARTS) is 1. The van der Waals surface area contributed by atoms with Gasteiger partial charge in [-0.1, -0.05) is 63.4 Å². The van der Waals surface area contributed by atoms with Crippen LogP contribution in [0.15, 0.2) is 46.9 Å². The maximum Gasteiger partial charge on any atom is 0.320 e. The van der Waals surface area contributed by atoms with E-state index in [4.69, 9.17) is 23.2 Å². The van der Waals surface area contributed by atoms with Crippen molar-refractivity contribution in [3.63, 3.8) is 0 Å². The molecule has 3 rings (SSSR count). The van der Waals surface area contributed by atoms with Crippen LogP contribution in [-0.2, 0) is 4.79 Å². The van der Waals surface area contributed by atoms with Crippen LogP contribution in [0.1, 0.15) is 30.0 Å². The molecule has 1 N–H and O–H groups in total. The summed E-state index contributed by atoms with van der Waals surface area (Å²) in [5.74, 6) is -0.800. The van der Waals surface area contributed by atoms with E-state index >= 15 is 0 Å². The first-order valence-electron chi connectivity index (χ1n) is 7.67. The van der Waals surface area contributed by atoms with Gasteiger partial charge in [0.1, 0.15) is 6.04 Å². The molecule has 2 unspecified atom stereocenters. The van der Waals surface area contributed by atoms with Crippen LogP contribution in [0.2, 0.25) is 10.0 Å². The quantitative estimate of drug-likeness (QED) is 0.709. The van der Waals surface area contributed by atoms with Gasteiger partial charge in [0.15, 0.2) is 0 Å². The third-order valence-electron chi connectivity index (χ3n) is 4.35. The van der Waals surface area contributed by atoms with Crippen molar-refractivity contribution in [2.24, 2.45) is 0 Å². The van der Waals surface area contributed by atoms with Gasteiger partial charge in [-0.3, -0.25) is 9.69 Å². The number of carbonyl (C=O) groups is 1. The Labute approximate surface area is 159 Å². The highest BCUT2D eigenvalue weighted by molar-refractivity contribution is 9.10. The van der Waals surface area contributed by atoms with Crippen molar-refractivity contribution < 1.29 is 9.90 Å². The molecule has 1 fully saturated rings. The fourth-order valence-corrected chi connectivity index (χ4v) is 4.15. The zero-order chi connectivity index (χ0) is 17.3. The molecule has 6 heteroatoms. The molecule has 1 aliphatic rings. The summed E-state index contributed by atoms with van der Waals surface area (Å²) in [7, 11) is 0. The maximum absolute atomic E-state index is 11.7. The van der Waals surface area contributed by atoms with E-state index in [1.165, 1.54) is 0 Å². The molecule has 0 aromatic heterocycles. The Morgan fingerprint density at radius 2 is 2.00 bits per heavy atom. The van der Waals surface area contributed by atoms with Crippen LogP contribution in [0, 0.1) is 0 Å². The molecule has 0 bridgehead atoms. The van der Waals surface area contributed by atoms with Crippen LogP contribution >= 0.6 is 39.1 Å². The van der Waals surface area contributed by atoms with E-state index in [1.807, 2.05) is 41.3 Å². The predicted octanol–water partition coefficient (Wildman–Crippen LogP) is 5.39. The van der Waals surface area contributed by atoms with Gasteiger partial charge < -0.3 is 5.11 Å². The van der Waals surface area contributed by atoms with E-state index in [-0.39, 0.29) is 6.04 Å². The second-order valence-corrected chi connectivity index (χ2v) is 7.54. The van der Waals surface area contributed by atoms with Crippen molar-refractivity contribution in [1.29, 1.82) is 0 Å². The molecule has 0 saturated carbocycles. The molecule has 0 amide bonds. The van der Waals surface area contributed by atoms with E-state index in [0.29, 0.717) is 23.0 Å². The van der Waals surface area contributed by atoms with E-state index in [0.717, 1.165) is 22.0 Å². The third-order valence-corrected chi connectivity index (χ3v) is 5.68. The standard InChI is InChI=1S/C18H16BrCl2NO2/c19-12-5-1-4-11(10-12)17(13-6-2-7-14(20)16(13)21)22-9-3-8-15(22)18(23)24/h1-2,4-7,10,15,17H,3,8-9H2,(H,23,24). The molecule has 1 saturated heterocycles. The second-order valence-electron chi connectivity index (χ2n) is 5.83. The smallest absolute Gasteiger partial charge is 0.320 e. The monoisotopic (exact) mass is 427 g/mol. The number of halogens is 3. The van der Waals surface area contributed by atoms with Crippen molar-refractivity contribution in [1.82, 2.24) is 4.90 Å². The van der Waals surface area contributed by atoms with E-state index in [1.54, 1.807) is 6.07 Å². The number of nitrogens with zero attached hydrogens (tertiary/aromatic N) is 1. The highest BCUT2D eigenvalue weighted by Gasteiger charge is 2.37. The minimum atomic E-state index is -0.800. The van der Waals surface area contributed by atoms with Gasteiger partial charge >= 0.3 is 5.97 Å². The average molecular weight is 429 g/mol. The number of likely N-dealkylation sites (tertiary alicyclic amines) is 1. The molecule has 3 nitrogen and oxygen atoms in total. The molecule has 2 atom stereocenters. The molecular weight excluding hydrogens is 413 g/mol. The van der Waals surface area contributed by atoms with Gasteiger partial charge in [-0.05, 0) is 42.2 Å². The van der Waals surface area contributed by atoms with E-state index < -0.39 is 12.0 Å². The van der Waals surface area contributed by atoms with Gasteiger partial charge in [0.25, 0.3) is 0 Å². The zero-order valence-corrected chi connectivity index (χ0v) is 15.9. The molecule has 0 aliphatic carbocycles. The van der Waals surface area contributed by atoms with Gasteiger partial charge in [-0.15, -0.1) is 0 Å². The number of hydrogen-bond donors (Lipinski definition) is 1. The fourth-order valence-electron chi connectivity index (χ4n) is 3.32. The largest absolute Gasteiger partial charge is 0.480 e. The lowest BCUT2D eigenvalue weighted by atomic mass is 9.96. The van der Waals surface area contributed by atoms with Crippen molar-refractivity contribution in [2.45, 2.75) is 24.9 Å². The highest BCUT2D eigenvalue weighted by atomic mass is 79.9. The van der Waals surface area contributed by atoms with Crippen LogP contribution in [0.4, 0.5) is 0 Å². The Balaban J connectivity index is 2.14. The van der Waals surface area contributed by atoms with E-state index in [2.05, 4.69) is 15.9 Å². The van der Waals surface area contributed by atoms with Gasteiger partial charge in [0.05, 0.1) is 16.1 Å². The molecule has 0 radical (unpaired) electrons. The Kier molecular flexibility index (Phi) is 5.50. The maximum atomic E-state index is 11.7. The lowest BCUT2D eigenvalue weighted by Gasteiger charge is -2.32. The van der Waals surface area contributed by atoms with Crippen LogP contribution < -0.4 is 0 Å². The molecule has 24 heavy (non-hydrogen) atoms. The fraction of sp³-hybridized carbons (Fsp3) is 0.278. The van der Waals surface area contributed by atoms with Crippen molar-refractivity contribution >= 4 is 45.1 Å². The summed E-state index contributed by atoms with van der Waals surface area (Å²) in [5.41, 5.74) is 1.82. The van der Waals surface area contributed by atoms with Crippen LogP contribution in [0.25, 0.3) is 0 Å². The Morgan fingerprint density at radius 3 is 2.71 bits per heavy atom. The van der Waals surface area contributed by atoms with Crippen molar-refractivity contribution in [3.05, 3.63) is 68.1 Å². The van der Waals surface area contributed by atoms with Crippen molar-refractivity contribution in [3.8, 4) is 0 Å². The van der Waals surface area contributed by atoms with Crippen molar-refractivity contribution in [2.75, 3.05) is 6.54 Å². The molecule has 126 valence electrons. The Bertz CT molecular complexity index is 768. The first kappa shape index (κ1) is 17.7. The topological polar surface area (TPSA) is 40.5 Å². The normalized spacial score (nSPS) is 19.4. The van der Waals surface area contributed by atoms with Crippen LogP contribution in [0.5, 0.6) is 0 Å². The third kappa shape index (κ3) is 3.47. The average Bonchev–Trinajstić information content (AvgIpc) is 3.01. The lowest BCUT2D eigenvalue weighted by Crippen LogP contribution is -2.39. The molecule has 1 heterocycles. The summed E-state index contributed by atoms with van der Waals surface area (Å²) in [5, 5.41) is 10.5. The predicted molar refractivity (Wildman–Crippen MR) is 99.8 cm³/mol. The van der Waals surface area contributed by atoms with Gasteiger partial charge in [-0.2, -0.15) is 0 Å². The number of rotatable bonds is 4. The van der Waals surface area contributed by atoms with Gasteiger partial charge in [-0.25, -0.2) is 0 Å². The Morgan fingerprint density at radius 1 is 1.25 bits per heavy atom. The van der Waals surface area contributed by atoms with Crippen LogP contribution in [-0.4, -0.2) is 28.6 Å². The summed E-state index contributed by atoms with van der Waals surface area (Å²) >= 11 is 16.2. The highest BCUT2D eigenvalue weighted by Crippen LogP contribution is 2.40. The molecular formula is C18H16BrCl2NO2. The minimum Gasteiger partial charge on any atom is -0.480 e. The Hall–Kier alpha value is -1.07. The number of benzene rings is 2. The second kappa shape index (κ2) is 7.44. The lowest BCUT2D eigenvalue weighted by molar-refractivity contribution is -0.142. The molecule has 2 aromatic rings.